The van der Waals surface area contributed by atoms with E-state index < -0.39 is 0 Å². The van der Waals surface area contributed by atoms with Crippen LogP contribution < -0.4 is 14.7 Å². The predicted molar refractivity (Wildman–Crippen MR) is 122 cm³/mol. The van der Waals surface area contributed by atoms with Gasteiger partial charge < -0.3 is 19.6 Å². The van der Waals surface area contributed by atoms with E-state index in [1.165, 1.54) is 11.4 Å². The van der Waals surface area contributed by atoms with Crippen molar-refractivity contribution in [3.63, 3.8) is 0 Å². The van der Waals surface area contributed by atoms with Crippen LogP contribution in [0.15, 0.2) is 85.2 Å². The molecule has 159 valence electrons. The van der Waals surface area contributed by atoms with Crippen LogP contribution >= 0.6 is 0 Å². The molecule has 5 heteroatoms. The smallest absolute Gasteiger partial charge is 0.0326 e. The third kappa shape index (κ3) is 5.24. The molecule has 2 aliphatic heterocycles. The second kappa shape index (κ2) is 10.9. The second-order valence-electron chi connectivity index (χ2n) is 6.57. The average Bonchev–Trinajstić information content (AvgIpc) is 3.34. The van der Waals surface area contributed by atoms with Gasteiger partial charge in [-0.2, -0.15) is 74.0 Å². The van der Waals surface area contributed by atoms with Crippen molar-refractivity contribution < 1.29 is 20.1 Å². The summed E-state index contributed by atoms with van der Waals surface area (Å²) in [6, 6.07) is 30.7. The van der Waals surface area contributed by atoms with E-state index in [0.29, 0.717) is 0 Å². The SMILES string of the molecule is C.CN1C=CN(c2[c-]cccc2)[CH-]1.CN1[CH-]N(c2[c-]cccc2)c2ccccc21.[Ir]. The summed E-state index contributed by atoms with van der Waals surface area (Å²) in [5.74, 6) is 0. The molecule has 0 amide bonds. The third-order valence-electron chi connectivity index (χ3n) is 4.50. The number of anilines is 4. The third-order valence-corrected chi connectivity index (χ3v) is 4.50. The van der Waals surface area contributed by atoms with E-state index in [1.807, 2.05) is 78.4 Å². The van der Waals surface area contributed by atoms with E-state index in [1.54, 1.807) is 0 Å². The minimum Gasteiger partial charge on any atom is -0.510 e. The Labute approximate surface area is 194 Å². The number of fused-ring (bicyclic) bond motifs is 1. The maximum atomic E-state index is 3.24. The van der Waals surface area contributed by atoms with Crippen molar-refractivity contribution in [2.24, 2.45) is 0 Å². The van der Waals surface area contributed by atoms with Gasteiger partial charge in [-0.05, 0) is 38.6 Å². The first-order valence-corrected chi connectivity index (χ1v) is 9.15. The van der Waals surface area contributed by atoms with Crippen molar-refractivity contribution in [2.45, 2.75) is 7.43 Å². The number of hydrogen-bond acceptors (Lipinski definition) is 4. The Balaban J connectivity index is 0.000000207. The molecule has 0 saturated heterocycles. The fourth-order valence-corrected chi connectivity index (χ4v) is 3.13. The van der Waals surface area contributed by atoms with E-state index in [-0.39, 0.29) is 27.5 Å². The van der Waals surface area contributed by atoms with E-state index >= 15 is 0 Å². The van der Waals surface area contributed by atoms with Gasteiger partial charge in [0.05, 0.1) is 0 Å². The van der Waals surface area contributed by atoms with Gasteiger partial charge in [0.15, 0.2) is 0 Å². The van der Waals surface area contributed by atoms with Gasteiger partial charge in [-0.3, -0.25) is 0 Å². The molecule has 3 aromatic rings. The largest absolute Gasteiger partial charge is 0.510 e. The van der Waals surface area contributed by atoms with Gasteiger partial charge >= 0.3 is 0 Å². The minimum atomic E-state index is 0. The predicted octanol–water partition coefficient (Wildman–Crippen LogP) is 5.66. The summed E-state index contributed by atoms with van der Waals surface area (Å²) < 4.78 is 0. The summed E-state index contributed by atoms with van der Waals surface area (Å²) >= 11 is 0. The molecule has 0 N–H and O–H groups in total. The molecule has 0 unspecified atom stereocenters. The maximum Gasteiger partial charge on any atom is 0.0326 e. The van der Waals surface area contributed by atoms with Crippen LogP contribution in [0.3, 0.4) is 0 Å². The molecule has 30 heavy (non-hydrogen) atoms. The molecule has 0 fully saturated rings. The Bertz CT molecular complexity index is 930. The molecular formula is C25H26IrN4-4. The minimum absolute atomic E-state index is 0. The van der Waals surface area contributed by atoms with Crippen molar-refractivity contribution in [3.05, 3.63) is 111 Å². The summed E-state index contributed by atoms with van der Waals surface area (Å²) in [5.41, 5.74) is 4.56. The number of rotatable bonds is 2. The standard InChI is InChI=1S/C14H12N2.C10H10N2.CH4.Ir/c1-15-11-16(12-7-3-2-4-8-12)14-10-6-5-9-13(14)15;1-11-7-8-12(9-11)10-5-3-2-4-6-10;;/h2-7,9-11H,1H3;2-5,7-9H,1H3;1H4;/q2*-2;;. The molecule has 0 atom stereocenters. The van der Waals surface area contributed by atoms with Crippen molar-refractivity contribution in [3.8, 4) is 0 Å². The van der Waals surface area contributed by atoms with Gasteiger partial charge in [0.1, 0.15) is 0 Å². The summed E-state index contributed by atoms with van der Waals surface area (Å²) in [4.78, 5) is 8.30. The molecule has 0 spiro atoms. The summed E-state index contributed by atoms with van der Waals surface area (Å²) in [6.07, 6.45) is 4.01. The zero-order valence-corrected chi connectivity index (χ0v) is 18.8. The van der Waals surface area contributed by atoms with Gasteiger partial charge in [-0.15, -0.1) is 11.4 Å². The molecule has 0 aromatic heterocycles. The fraction of sp³-hybridized carbons (Fsp3) is 0.120. The number of para-hydroxylation sites is 4. The molecule has 5 rings (SSSR count). The van der Waals surface area contributed by atoms with Crippen molar-refractivity contribution in [2.75, 3.05) is 28.8 Å². The topological polar surface area (TPSA) is 13.0 Å². The monoisotopic (exact) mass is 575 g/mol. The molecular weight excluding hydrogens is 549 g/mol. The van der Waals surface area contributed by atoms with Crippen LogP contribution in [0.2, 0.25) is 0 Å². The van der Waals surface area contributed by atoms with Gasteiger partial charge in [-0.25, -0.2) is 0 Å². The fourth-order valence-electron chi connectivity index (χ4n) is 3.13. The van der Waals surface area contributed by atoms with Crippen LogP contribution in [-0.2, 0) is 20.1 Å². The van der Waals surface area contributed by atoms with Crippen LogP contribution in [-0.4, -0.2) is 19.0 Å². The summed E-state index contributed by atoms with van der Waals surface area (Å²) in [6.45, 7) is 4.09. The molecule has 3 aromatic carbocycles. The number of hydrogen-bond donors (Lipinski definition) is 0. The summed E-state index contributed by atoms with van der Waals surface area (Å²) in [5, 5.41) is 0. The van der Waals surface area contributed by atoms with E-state index in [4.69, 9.17) is 0 Å². The number of benzene rings is 3. The first-order valence-electron chi connectivity index (χ1n) is 9.15. The van der Waals surface area contributed by atoms with E-state index in [9.17, 15) is 0 Å². The van der Waals surface area contributed by atoms with Crippen LogP contribution in [0.5, 0.6) is 0 Å². The van der Waals surface area contributed by atoms with Crippen LogP contribution in [0.4, 0.5) is 22.7 Å². The van der Waals surface area contributed by atoms with E-state index in [0.717, 1.165) is 11.4 Å². The van der Waals surface area contributed by atoms with Crippen molar-refractivity contribution >= 4 is 22.7 Å². The number of nitrogens with zero attached hydrogens (tertiary/aromatic N) is 4. The molecule has 2 heterocycles. The van der Waals surface area contributed by atoms with Crippen molar-refractivity contribution in [1.29, 1.82) is 0 Å². The summed E-state index contributed by atoms with van der Waals surface area (Å²) in [7, 11) is 4.06. The van der Waals surface area contributed by atoms with Crippen LogP contribution in [0.1, 0.15) is 7.43 Å². The normalized spacial score (nSPS) is 13.8. The van der Waals surface area contributed by atoms with Gasteiger partial charge in [0.2, 0.25) is 0 Å². The zero-order chi connectivity index (χ0) is 19.3. The second-order valence-corrected chi connectivity index (χ2v) is 6.57. The Kier molecular flexibility index (Phi) is 8.52. The van der Waals surface area contributed by atoms with Gasteiger partial charge in [-0.1, -0.05) is 19.6 Å². The molecule has 1 radical (unpaired) electrons. The maximum absolute atomic E-state index is 3.24. The average molecular weight is 575 g/mol. The first kappa shape index (κ1) is 23.5. The van der Waals surface area contributed by atoms with E-state index in [2.05, 4.69) is 66.0 Å². The molecule has 2 aliphatic rings. The van der Waals surface area contributed by atoms with Crippen LogP contribution in [0, 0.1) is 25.5 Å². The zero-order valence-electron chi connectivity index (χ0n) is 16.4. The Morgan fingerprint density at radius 3 is 1.87 bits per heavy atom. The Morgan fingerprint density at radius 1 is 0.700 bits per heavy atom. The Morgan fingerprint density at radius 2 is 1.30 bits per heavy atom. The molecule has 0 bridgehead atoms. The first-order chi connectivity index (χ1) is 13.7. The quantitative estimate of drug-likeness (QED) is 0.367. The Hall–Kier alpha value is -2.75. The van der Waals surface area contributed by atoms with Crippen LogP contribution in [0.25, 0.3) is 0 Å². The molecule has 4 nitrogen and oxygen atoms in total. The van der Waals surface area contributed by atoms with Crippen molar-refractivity contribution in [1.82, 2.24) is 4.90 Å². The van der Waals surface area contributed by atoms with Gasteiger partial charge in [0.25, 0.3) is 0 Å². The van der Waals surface area contributed by atoms with Gasteiger partial charge in [0, 0.05) is 31.5 Å². The molecule has 0 saturated carbocycles. The molecule has 0 aliphatic carbocycles.